The molecule has 1 heterocycles. The molecule has 0 atom stereocenters. The Morgan fingerprint density at radius 3 is 2.17 bits per heavy atom. The minimum Gasteiger partial charge on any atom is -0.348 e. The van der Waals surface area contributed by atoms with Gasteiger partial charge in [0.1, 0.15) is 0 Å². The van der Waals surface area contributed by atoms with E-state index in [9.17, 15) is 0 Å². The number of nitrogens with one attached hydrogen (secondary N) is 1. The first kappa shape index (κ1) is 7.84. The van der Waals surface area contributed by atoms with Crippen molar-refractivity contribution in [3.05, 3.63) is 18.2 Å². The molecule has 1 fully saturated rings. The van der Waals surface area contributed by atoms with E-state index < -0.39 is 0 Å². The van der Waals surface area contributed by atoms with Crippen LogP contribution in [0.25, 0.3) is 0 Å². The monoisotopic (exact) mass is 164 g/mol. The second kappa shape index (κ2) is 1.93. The summed E-state index contributed by atoms with van der Waals surface area (Å²) in [6.45, 7) is 9.27. The molecule has 1 aliphatic rings. The maximum Gasteiger partial charge on any atom is 0.0921 e. The molecule has 1 aliphatic carbocycles. The highest BCUT2D eigenvalue weighted by atomic mass is 14.9. The largest absolute Gasteiger partial charge is 0.348 e. The van der Waals surface area contributed by atoms with Crippen molar-refractivity contribution < 1.29 is 0 Å². The van der Waals surface area contributed by atoms with Gasteiger partial charge >= 0.3 is 0 Å². The van der Waals surface area contributed by atoms with Crippen LogP contribution in [0.5, 0.6) is 0 Å². The highest BCUT2D eigenvalue weighted by molar-refractivity contribution is 5.28. The summed E-state index contributed by atoms with van der Waals surface area (Å²) in [5.74, 6) is 0.646. The Labute approximate surface area is 73.4 Å². The van der Waals surface area contributed by atoms with Crippen molar-refractivity contribution in [2.24, 2.45) is 10.8 Å². The summed E-state index contributed by atoms with van der Waals surface area (Å²) in [6, 6.07) is 0. The van der Waals surface area contributed by atoms with Gasteiger partial charge in [0, 0.05) is 17.8 Å². The van der Waals surface area contributed by atoms with E-state index >= 15 is 0 Å². The van der Waals surface area contributed by atoms with Gasteiger partial charge in [-0.25, -0.2) is 4.98 Å². The molecule has 0 aliphatic heterocycles. The van der Waals surface area contributed by atoms with Crippen LogP contribution in [0.3, 0.4) is 0 Å². The average molecular weight is 164 g/mol. The van der Waals surface area contributed by atoms with Gasteiger partial charge in [0.15, 0.2) is 0 Å². The van der Waals surface area contributed by atoms with E-state index in [2.05, 4.69) is 37.7 Å². The van der Waals surface area contributed by atoms with Gasteiger partial charge < -0.3 is 4.98 Å². The van der Waals surface area contributed by atoms with Crippen LogP contribution in [0.2, 0.25) is 0 Å². The fourth-order valence-corrected chi connectivity index (χ4v) is 2.40. The lowest BCUT2D eigenvalue weighted by atomic mass is 10.0. The molecule has 2 rings (SSSR count). The number of hydrogen-bond acceptors (Lipinski definition) is 1. The van der Waals surface area contributed by atoms with Gasteiger partial charge in [-0.05, 0) is 10.8 Å². The van der Waals surface area contributed by atoms with Gasteiger partial charge in [0.2, 0.25) is 0 Å². The van der Waals surface area contributed by atoms with Crippen molar-refractivity contribution in [3.8, 4) is 0 Å². The van der Waals surface area contributed by atoms with E-state index in [4.69, 9.17) is 0 Å². The molecule has 1 aromatic heterocycles. The third kappa shape index (κ3) is 0.728. The Kier molecular flexibility index (Phi) is 1.26. The maximum absolute atomic E-state index is 4.06. The SMILES string of the molecule is CC1(C)C(c2cnc[nH]2)C1(C)C. The number of H-pyrrole nitrogens is 1. The first-order valence-corrected chi connectivity index (χ1v) is 4.46. The van der Waals surface area contributed by atoms with Crippen molar-refractivity contribution >= 4 is 0 Å². The first-order valence-electron chi connectivity index (χ1n) is 4.46. The van der Waals surface area contributed by atoms with Crippen LogP contribution < -0.4 is 0 Å². The Bertz CT molecular complexity index is 269. The molecule has 2 heteroatoms. The average Bonchev–Trinajstić information content (AvgIpc) is 2.39. The van der Waals surface area contributed by atoms with E-state index in [0.29, 0.717) is 16.7 Å². The molecule has 0 spiro atoms. The summed E-state index contributed by atoms with van der Waals surface area (Å²) in [6.07, 6.45) is 3.71. The van der Waals surface area contributed by atoms with Crippen LogP contribution in [0.1, 0.15) is 39.3 Å². The molecule has 0 saturated heterocycles. The van der Waals surface area contributed by atoms with Crippen LogP contribution in [0.4, 0.5) is 0 Å². The second-order valence-electron chi connectivity index (χ2n) is 4.88. The molecule has 0 unspecified atom stereocenters. The maximum atomic E-state index is 4.06. The Morgan fingerprint density at radius 2 is 1.83 bits per heavy atom. The van der Waals surface area contributed by atoms with Crippen molar-refractivity contribution in [2.45, 2.75) is 33.6 Å². The third-order valence-corrected chi connectivity index (χ3v) is 3.85. The molecule has 1 aromatic rings. The minimum absolute atomic E-state index is 0.416. The highest BCUT2D eigenvalue weighted by Crippen LogP contribution is 2.73. The van der Waals surface area contributed by atoms with E-state index in [0.717, 1.165) is 0 Å². The zero-order chi connectivity index (χ0) is 8.98. The molecule has 0 radical (unpaired) electrons. The first-order chi connectivity index (χ1) is 5.48. The Morgan fingerprint density at radius 1 is 1.25 bits per heavy atom. The summed E-state index contributed by atoms with van der Waals surface area (Å²) >= 11 is 0. The second-order valence-corrected chi connectivity index (χ2v) is 4.88. The third-order valence-electron chi connectivity index (χ3n) is 3.85. The summed E-state index contributed by atoms with van der Waals surface area (Å²) in [4.78, 5) is 7.26. The molecule has 2 nitrogen and oxygen atoms in total. The zero-order valence-electron chi connectivity index (χ0n) is 8.18. The lowest BCUT2D eigenvalue weighted by Gasteiger charge is -2.03. The van der Waals surface area contributed by atoms with Crippen LogP contribution in [-0.2, 0) is 0 Å². The summed E-state index contributed by atoms with van der Waals surface area (Å²) in [5.41, 5.74) is 2.11. The standard InChI is InChI=1S/C10H16N2/c1-9(2)8(10(9,3)4)7-5-11-6-12-7/h5-6,8H,1-4H3,(H,11,12). The van der Waals surface area contributed by atoms with Gasteiger partial charge in [-0.3, -0.25) is 0 Å². The molecule has 1 N–H and O–H groups in total. The van der Waals surface area contributed by atoms with E-state index in [1.54, 1.807) is 6.33 Å². The summed E-state index contributed by atoms with van der Waals surface area (Å²) < 4.78 is 0. The van der Waals surface area contributed by atoms with Gasteiger partial charge in [0.25, 0.3) is 0 Å². The highest BCUT2D eigenvalue weighted by Gasteiger charge is 2.65. The topological polar surface area (TPSA) is 28.7 Å². The fraction of sp³-hybridized carbons (Fsp3) is 0.700. The van der Waals surface area contributed by atoms with Crippen LogP contribution in [-0.4, -0.2) is 9.97 Å². The molecule has 12 heavy (non-hydrogen) atoms. The van der Waals surface area contributed by atoms with Gasteiger partial charge in [-0.2, -0.15) is 0 Å². The lowest BCUT2D eigenvalue weighted by molar-refractivity contribution is 0.457. The van der Waals surface area contributed by atoms with E-state index in [1.165, 1.54) is 5.69 Å². The van der Waals surface area contributed by atoms with Crippen LogP contribution in [0.15, 0.2) is 12.5 Å². The molecule has 0 bridgehead atoms. The predicted molar refractivity (Wildman–Crippen MR) is 48.9 cm³/mol. The number of rotatable bonds is 1. The Balaban J connectivity index is 2.32. The number of aromatic amines is 1. The normalized spacial score (nSPS) is 25.7. The molecular formula is C10H16N2. The smallest absolute Gasteiger partial charge is 0.0921 e. The minimum atomic E-state index is 0.416. The summed E-state index contributed by atoms with van der Waals surface area (Å²) in [5, 5.41) is 0. The molecular weight excluding hydrogens is 148 g/mol. The number of hydrogen-bond donors (Lipinski definition) is 1. The van der Waals surface area contributed by atoms with Crippen molar-refractivity contribution in [2.75, 3.05) is 0 Å². The molecule has 1 saturated carbocycles. The Hall–Kier alpha value is -0.790. The number of imidazole rings is 1. The fourth-order valence-electron chi connectivity index (χ4n) is 2.40. The van der Waals surface area contributed by atoms with Crippen LogP contribution >= 0.6 is 0 Å². The molecule has 66 valence electrons. The van der Waals surface area contributed by atoms with Gasteiger partial charge in [-0.15, -0.1) is 0 Å². The zero-order valence-corrected chi connectivity index (χ0v) is 8.18. The lowest BCUT2D eigenvalue weighted by Crippen LogP contribution is -1.95. The van der Waals surface area contributed by atoms with Gasteiger partial charge in [0.05, 0.1) is 6.33 Å². The van der Waals surface area contributed by atoms with Crippen LogP contribution in [0, 0.1) is 10.8 Å². The number of nitrogens with zero attached hydrogens (tertiary/aromatic N) is 1. The van der Waals surface area contributed by atoms with Crippen molar-refractivity contribution in [3.63, 3.8) is 0 Å². The van der Waals surface area contributed by atoms with Gasteiger partial charge in [-0.1, -0.05) is 27.7 Å². The summed E-state index contributed by atoms with van der Waals surface area (Å²) in [7, 11) is 0. The molecule has 0 aromatic carbocycles. The van der Waals surface area contributed by atoms with E-state index in [-0.39, 0.29) is 0 Å². The number of aromatic nitrogens is 2. The van der Waals surface area contributed by atoms with E-state index in [1.807, 2.05) is 6.20 Å². The quantitative estimate of drug-likeness (QED) is 0.679. The predicted octanol–water partition coefficient (Wildman–Crippen LogP) is 2.56. The van der Waals surface area contributed by atoms with Crippen molar-refractivity contribution in [1.82, 2.24) is 9.97 Å². The molecule has 0 amide bonds. The van der Waals surface area contributed by atoms with Crippen molar-refractivity contribution in [1.29, 1.82) is 0 Å².